The number of aliphatic hydroxyl groups excluding tert-OH is 1. The van der Waals surface area contributed by atoms with Crippen molar-refractivity contribution in [2.45, 2.75) is 46.7 Å². The number of halogens is 1. The molecule has 2 aromatic rings. The zero-order valence-corrected chi connectivity index (χ0v) is 17.3. The summed E-state index contributed by atoms with van der Waals surface area (Å²) >= 11 is 0. The van der Waals surface area contributed by atoms with Gasteiger partial charge in [-0.05, 0) is 37.1 Å². The van der Waals surface area contributed by atoms with Crippen molar-refractivity contribution in [1.82, 2.24) is 0 Å². The summed E-state index contributed by atoms with van der Waals surface area (Å²) in [7, 11) is -9.85. The van der Waals surface area contributed by atoms with Crippen LogP contribution in [-0.4, -0.2) is 32.9 Å². The van der Waals surface area contributed by atoms with Crippen molar-refractivity contribution in [2.24, 2.45) is 5.92 Å². The average Bonchev–Trinajstić information content (AvgIpc) is 2.71. The second-order valence-electron chi connectivity index (χ2n) is 6.57. The number of sulfone groups is 2. The molecule has 1 atom stereocenters. The van der Waals surface area contributed by atoms with E-state index in [4.69, 9.17) is 0 Å². The zero-order chi connectivity index (χ0) is 20.8. The first-order valence-electron chi connectivity index (χ1n) is 9.12. The Morgan fingerprint density at radius 3 is 1.64 bits per heavy atom. The van der Waals surface area contributed by atoms with Crippen molar-refractivity contribution >= 4 is 19.7 Å². The van der Waals surface area contributed by atoms with Crippen LogP contribution >= 0.6 is 0 Å². The van der Waals surface area contributed by atoms with Gasteiger partial charge >= 0.3 is 4.33 Å². The first-order chi connectivity index (χ1) is 13.2. The fraction of sp³-hybridized carbons (Fsp3) is 0.400. The van der Waals surface area contributed by atoms with Crippen LogP contribution in [0.1, 0.15) is 32.6 Å². The fourth-order valence-electron chi connectivity index (χ4n) is 3.20. The minimum absolute atomic E-state index is 0.0195. The van der Waals surface area contributed by atoms with Gasteiger partial charge in [-0.2, -0.15) is 0 Å². The Hall–Kier alpha value is -1.77. The number of unbranched alkanes of at least 4 members (excludes halogenated alkanes) is 1. The molecule has 28 heavy (non-hydrogen) atoms. The minimum Gasteiger partial charge on any atom is -0.396 e. The maximum Gasteiger partial charge on any atom is 0.320 e. The molecule has 1 N–H and O–H groups in total. The van der Waals surface area contributed by atoms with Crippen molar-refractivity contribution in [3.8, 4) is 0 Å². The van der Waals surface area contributed by atoms with Crippen LogP contribution < -0.4 is 0 Å². The highest BCUT2D eigenvalue weighted by atomic mass is 32.3. The highest BCUT2D eigenvalue weighted by Gasteiger charge is 2.61. The van der Waals surface area contributed by atoms with E-state index in [1.165, 1.54) is 48.5 Å². The molecular formula is C20H25FO5S2. The van der Waals surface area contributed by atoms with Crippen LogP contribution in [0.2, 0.25) is 0 Å². The van der Waals surface area contributed by atoms with Gasteiger partial charge in [0.1, 0.15) is 0 Å². The molecule has 0 spiro atoms. The van der Waals surface area contributed by atoms with Gasteiger partial charge in [0.05, 0.1) is 9.79 Å². The molecule has 0 heterocycles. The van der Waals surface area contributed by atoms with Crippen LogP contribution in [-0.2, 0) is 19.7 Å². The molecule has 2 aromatic carbocycles. The first-order valence-corrected chi connectivity index (χ1v) is 12.1. The summed E-state index contributed by atoms with van der Waals surface area (Å²) in [6.07, 6.45) is 0.806. The standard InChI is InChI=1S/C20H25FO5S2/c1-2-3-10-17(15-16-22)20(21,27(23,24)18-11-6-4-7-12-18)28(25,26)19-13-8-5-9-14-19/h4-9,11-14,17,22H,2-3,10,15-16H2,1H3/t17-/m1/s1. The molecule has 0 aliphatic heterocycles. The Labute approximate surface area is 166 Å². The third-order valence-electron chi connectivity index (χ3n) is 4.71. The topological polar surface area (TPSA) is 88.5 Å². The summed E-state index contributed by atoms with van der Waals surface area (Å²) in [6.45, 7) is 1.32. The Morgan fingerprint density at radius 1 is 0.857 bits per heavy atom. The molecule has 0 unspecified atom stereocenters. The lowest BCUT2D eigenvalue weighted by molar-refractivity contribution is 0.183. The maximum absolute atomic E-state index is 16.6. The molecule has 0 aromatic heterocycles. The van der Waals surface area contributed by atoms with Crippen molar-refractivity contribution < 1.29 is 26.3 Å². The summed E-state index contributed by atoms with van der Waals surface area (Å²) in [5.74, 6) is -1.41. The summed E-state index contributed by atoms with van der Waals surface area (Å²) in [6, 6.07) is 13.5. The van der Waals surface area contributed by atoms with Gasteiger partial charge in [0.15, 0.2) is 0 Å². The Balaban J connectivity index is 2.78. The number of alkyl halides is 1. The van der Waals surface area contributed by atoms with Gasteiger partial charge < -0.3 is 5.11 Å². The molecule has 0 saturated carbocycles. The number of hydrogen-bond acceptors (Lipinski definition) is 5. The van der Waals surface area contributed by atoms with Crippen molar-refractivity contribution in [3.63, 3.8) is 0 Å². The zero-order valence-electron chi connectivity index (χ0n) is 15.7. The highest BCUT2D eigenvalue weighted by Crippen LogP contribution is 2.45. The third kappa shape index (κ3) is 3.99. The van der Waals surface area contributed by atoms with Crippen LogP contribution in [0.25, 0.3) is 0 Å². The molecule has 0 fully saturated rings. The summed E-state index contributed by atoms with van der Waals surface area (Å²) in [5.41, 5.74) is 0. The molecule has 154 valence electrons. The maximum atomic E-state index is 16.6. The van der Waals surface area contributed by atoms with Crippen LogP contribution in [0.15, 0.2) is 70.5 Å². The molecule has 0 aliphatic carbocycles. The van der Waals surface area contributed by atoms with Crippen LogP contribution in [0.3, 0.4) is 0 Å². The third-order valence-corrected chi connectivity index (χ3v) is 9.95. The lowest BCUT2D eigenvalue weighted by Gasteiger charge is -2.33. The van der Waals surface area contributed by atoms with E-state index >= 15 is 4.39 Å². The minimum atomic E-state index is -4.92. The van der Waals surface area contributed by atoms with E-state index in [0.717, 1.165) is 0 Å². The smallest absolute Gasteiger partial charge is 0.320 e. The van der Waals surface area contributed by atoms with Crippen molar-refractivity contribution in [1.29, 1.82) is 0 Å². The Kier molecular flexibility index (Phi) is 7.36. The lowest BCUT2D eigenvalue weighted by Crippen LogP contribution is -2.49. The van der Waals surface area contributed by atoms with E-state index in [1.807, 2.05) is 6.92 Å². The van der Waals surface area contributed by atoms with E-state index < -0.39 is 46.3 Å². The van der Waals surface area contributed by atoms with Crippen molar-refractivity contribution in [3.05, 3.63) is 60.7 Å². The van der Waals surface area contributed by atoms with Crippen molar-refractivity contribution in [2.75, 3.05) is 6.61 Å². The average molecular weight is 429 g/mol. The molecule has 0 amide bonds. The van der Waals surface area contributed by atoms with E-state index in [0.29, 0.717) is 12.8 Å². The van der Waals surface area contributed by atoms with Gasteiger partial charge in [0, 0.05) is 12.5 Å². The SMILES string of the molecule is CCCC[C@H](CCO)C(F)(S(=O)(=O)c1ccccc1)S(=O)(=O)c1ccccc1. The number of aliphatic hydroxyl groups is 1. The van der Waals surface area contributed by atoms with E-state index in [1.54, 1.807) is 12.1 Å². The molecule has 0 saturated heterocycles. The lowest BCUT2D eigenvalue weighted by atomic mass is 10.00. The van der Waals surface area contributed by atoms with E-state index in [2.05, 4.69) is 0 Å². The monoisotopic (exact) mass is 428 g/mol. The van der Waals surface area contributed by atoms with E-state index in [-0.39, 0.29) is 12.8 Å². The quantitative estimate of drug-likeness (QED) is 0.623. The van der Waals surface area contributed by atoms with Gasteiger partial charge in [0.2, 0.25) is 19.7 Å². The second kappa shape index (κ2) is 9.15. The Bertz CT molecular complexity index is 889. The molecule has 8 heteroatoms. The predicted octanol–water partition coefficient (Wildman–Crippen LogP) is 3.75. The predicted molar refractivity (Wildman–Crippen MR) is 106 cm³/mol. The van der Waals surface area contributed by atoms with Gasteiger partial charge in [-0.1, -0.05) is 56.2 Å². The molecular weight excluding hydrogens is 403 g/mol. The fourth-order valence-corrected chi connectivity index (χ4v) is 7.95. The normalized spacial score (nSPS) is 14.0. The molecule has 5 nitrogen and oxygen atoms in total. The number of benzene rings is 2. The van der Waals surface area contributed by atoms with Crippen LogP contribution in [0.5, 0.6) is 0 Å². The summed E-state index contributed by atoms with van der Waals surface area (Å²) in [4.78, 5) is -0.812. The first kappa shape index (κ1) is 22.5. The number of hydrogen-bond donors (Lipinski definition) is 1. The summed E-state index contributed by atoms with van der Waals surface area (Å²) in [5, 5.41) is 9.42. The van der Waals surface area contributed by atoms with Gasteiger partial charge in [0.25, 0.3) is 0 Å². The highest BCUT2D eigenvalue weighted by molar-refractivity contribution is 8.10. The van der Waals surface area contributed by atoms with Gasteiger partial charge in [-0.15, -0.1) is 0 Å². The Morgan fingerprint density at radius 2 is 1.29 bits per heavy atom. The largest absolute Gasteiger partial charge is 0.396 e. The molecule has 0 aliphatic rings. The molecule has 0 radical (unpaired) electrons. The second-order valence-corrected chi connectivity index (χ2v) is 11.0. The van der Waals surface area contributed by atoms with Crippen LogP contribution in [0, 0.1) is 5.92 Å². The van der Waals surface area contributed by atoms with Gasteiger partial charge in [-0.3, -0.25) is 0 Å². The van der Waals surface area contributed by atoms with Gasteiger partial charge in [-0.25, -0.2) is 21.2 Å². The molecule has 0 bridgehead atoms. The van der Waals surface area contributed by atoms with Crippen LogP contribution in [0.4, 0.5) is 4.39 Å². The van der Waals surface area contributed by atoms with E-state index in [9.17, 15) is 21.9 Å². The number of rotatable bonds is 10. The summed E-state index contributed by atoms with van der Waals surface area (Å²) < 4.78 is 66.3. The molecule has 2 rings (SSSR count).